The molecule has 0 saturated heterocycles. The second-order valence-corrected chi connectivity index (χ2v) is 10.9. The first-order chi connectivity index (χ1) is 22.4. The molecule has 0 radical (unpaired) electrons. The minimum Gasteiger partial charge on any atom is -0.475 e. The smallest absolute Gasteiger partial charge is 0.347 e. The number of carbonyl (C=O) groups excluding carboxylic acids is 1. The van der Waals surface area contributed by atoms with Crippen LogP contribution >= 0.6 is 0 Å². The van der Waals surface area contributed by atoms with Gasteiger partial charge >= 0.3 is 5.97 Å². The highest BCUT2D eigenvalue weighted by Crippen LogP contribution is 2.24. The van der Waals surface area contributed by atoms with Gasteiger partial charge in [-0.3, -0.25) is 4.79 Å². The molecule has 2 heterocycles. The number of ether oxygens (including phenoxy) is 2. The van der Waals surface area contributed by atoms with Crippen LogP contribution in [0.4, 0.5) is 0 Å². The first-order valence-electron chi connectivity index (χ1n) is 15.2. The van der Waals surface area contributed by atoms with Crippen LogP contribution in [0.5, 0.6) is 5.75 Å². The number of aromatic nitrogens is 4. The molecule has 2 aromatic heterocycles. The van der Waals surface area contributed by atoms with Crippen molar-refractivity contribution in [3.8, 4) is 28.9 Å². The Kier molecular flexibility index (Phi) is 10.3. The predicted octanol–water partition coefficient (Wildman–Crippen LogP) is 5.97. The number of nitrogens with zero attached hydrogens (tertiary/aromatic N) is 5. The summed E-state index contributed by atoms with van der Waals surface area (Å²) in [6, 6.07) is 27.1. The Morgan fingerprint density at radius 1 is 0.957 bits per heavy atom. The second kappa shape index (κ2) is 14.9. The highest BCUT2D eigenvalue weighted by molar-refractivity contribution is 5.75. The van der Waals surface area contributed by atoms with Crippen molar-refractivity contribution in [3.63, 3.8) is 0 Å². The average Bonchev–Trinajstić information content (AvgIpc) is 3.09. The van der Waals surface area contributed by atoms with Gasteiger partial charge in [0.15, 0.2) is 11.9 Å². The van der Waals surface area contributed by atoms with Gasteiger partial charge in [-0.15, -0.1) is 0 Å². The third kappa shape index (κ3) is 7.36. The van der Waals surface area contributed by atoms with E-state index in [1.54, 1.807) is 13.0 Å². The molecule has 5 rings (SSSR count). The fourth-order valence-electron chi connectivity index (χ4n) is 5.30. The van der Waals surface area contributed by atoms with Crippen LogP contribution in [0.3, 0.4) is 0 Å². The van der Waals surface area contributed by atoms with Crippen molar-refractivity contribution in [2.24, 2.45) is 0 Å². The maximum atomic E-state index is 14.1. The largest absolute Gasteiger partial charge is 0.475 e. The summed E-state index contributed by atoms with van der Waals surface area (Å²) in [5.41, 5.74) is 5.38. The number of aryl methyl sites for hydroxylation is 2. The number of methoxy groups -OCH3 is 1. The Bertz CT molecular complexity index is 1900. The summed E-state index contributed by atoms with van der Waals surface area (Å²) in [5.74, 6) is 0.394. The van der Waals surface area contributed by atoms with Crippen LogP contribution in [0.15, 0.2) is 96.1 Å². The van der Waals surface area contributed by atoms with E-state index in [4.69, 9.17) is 14.5 Å². The Balaban J connectivity index is 1.43. The molecule has 9 nitrogen and oxygen atoms in total. The van der Waals surface area contributed by atoms with Crippen molar-refractivity contribution in [3.05, 3.63) is 135 Å². The minimum atomic E-state index is -0.891. The molecule has 46 heavy (non-hydrogen) atoms. The van der Waals surface area contributed by atoms with Gasteiger partial charge in [0.05, 0.1) is 36.8 Å². The van der Waals surface area contributed by atoms with E-state index in [2.05, 4.69) is 23.0 Å². The zero-order valence-electron chi connectivity index (χ0n) is 26.1. The zero-order valence-corrected chi connectivity index (χ0v) is 26.1. The van der Waals surface area contributed by atoms with Gasteiger partial charge in [0.1, 0.15) is 5.82 Å². The topological polar surface area (TPSA) is 120 Å². The minimum absolute atomic E-state index is 0.159. The fourth-order valence-corrected chi connectivity index (χ4v) is 5.30. The first-order valence-corrected chi connectivity index (χ1v) is 15.2. The van der Waals surface area contributed by atoms with Gasteiger partial charge in [0.2, 0.25) is 5.95 Å². The highest BCUT2D eigenvalue weighted by atomic mass is 16.6. The van der Waals surface area contributed by atoms with Crippen LogP contribution < -0.4 is 10.3 Å². The lowest BCUT2D eigenvalue weighted by molar-refractivity contribution is -0.148. The number of hydrogen-bond acceptors (Lipinski definition) is 8. The molecule has 0 bridgehead atoms. The molecule has 0 fully saturated rings. The van der Waals surface area contributed by atoms with Crippen molar-refractivity contribution in [2.45, 2.75) is 52.1 Å². The van der Waals surface area contributed by atoms with Gasteiger partial charge < -0.3 is 9.47 Å². The van der Waals surface area contributed by atoms with Crippen LogP contribution in [-0.4, -0.2) is 38.7 Å². The number of carbonyl (C=O) groups is 1. The molecule has 0 amide bonds. The molecule has 1 atom stereocenters. The number of benzene rings is 3. The van der Waals surface area contributed by atoms with Gasteiger partial charge in [-0.1, -0.05) is 86.1 Å². The predicted molar refractivity (Wildman–Crippen MR) is 175 cm³/mol. The summed E-state index contributed by atoms with van der Waals surface area (Å²) in [7, 11) is 1.31. The lowest BCUT2D eigenvalue weighted by Gasteiger charge is -2.17. The van der Waals surface area contributed by atoms with Crippen molar-refractivity contribution >= 4 is 5.97 Å². The van der Waals surface area contributed by atoms with Crippen LogP contribution in [0, 0.1) is 18.3 Å². The molecule has 0 N–H and O–H groups in total. The SMILES string of the molecule is CCCCc1nc(C)n(-c2ncc(OC(Cc3ccccc3)C(=O)OC)cn2)c(=O)c1Cc1ccc(-c2ccccc2C#N)cc1. The quantitative estimate of drug-likeness (QED) is 0.158. The molecular weight excluding hydrogens is 578 g/mol. The summed E-state index contributed by atoms with van der Waals surface area (Å²) in [5, 5.41) is 9.51. The molecule has 0 aliphatic carbocycles. The Morgan fingerprint density at radius 2 is 1.65 bits per heavy atom. The van der Waals surface area contributed by atoms with Crippen molar-refractivity contribution in [1.82, 2.24) is 19.5 Å². The van der Waals surface area contributed by atoms with Crippen molar-refractivity contribution < 1.29 is 14.3 Å². The van der Waals surface area contributed by atoms with Gasteiger partial charge in [-0.2, -0.15) is 5.26 Å². The summed E-state index contributed by atoms with van der Waals surface area (Å²) >= 11 is 0. The summed E-state index contributed by atoms with van der Waals surface area (Å²) < 4.78 is 12.3. The highest BCUT2D eigenvalue weighted by Gasteiger charge is 2.23. The Morgan fingerprint density at radius 3 is 2.33 bits per heavy atom. The summed E-state index contributed by atoms with van der Waals surface area (Å²) in [6.07, 6.45) is 5.24. The molecule has 9 heteroatoms. The number of rotatable bonds is 12. The fraction of sp³-hybridized carbons (Fsp3) is 0.243. The summed E-state index contributed by atoms with van der Waals surface area (Å²) in [4.78, 5) is 40.2. The van der Waals surface area contributed by atoms with E-state index in [0.29, 0.717) is 36.2 Å². The van der Waals surface area contributed by atoms with E-state index < -0.39 is 12.1 Å². The van der Waals surface area contributed by atoms with Crippen molar-refractivity contribution in [2.75, 3.05) is 7.11 Å². The van der Waals surface area contributed by atoms with Crippen LogP contribution in [0.2, 0.25) is 0 Å². The van der Waals surface area contributed by atoms with Gasteiger partial charge in [-0.25, -0.2) is 24.3 Å². The molecular formula is C37H35N5O4. The molecule has 0 aliphatic heterocycles. The van der Waals surface area contributed by atoms with E-state index in [1.165, 1.54) is 24.1 Å². The molecule has 0 saturated carbocycles. The van der Waals surface area contributed by atoms with Crippen LogP contribution in [0.25, 0.3) is 17.1 Å². The Hall–Kier alpha value is -5.62. The van der Waals surface area contributed by atoms with E-state index in [1.807, 2.05) is 72.8 Å². The first kappa shape index (κ1) is 31.8. The number of nitriles is 1. The van der Waals surface area contributed by atoms with E-state index in [0.717, 1.165) is 40.8 Å². The average molecular weight is 614 g/mol. The van der Waals surface area contributed by atoms with Gasteiger partial charge in [-0.05, 0) is 48.1 Å². The van der Waals surface area contributed by atoms with Crippen LogP contribution in [-0.2, 0) is 28.8 Å². The maximum Gasteiger partial charge on any atom is 0.347 e. The molecule has 0 aliphatic rings. The lowest BCUT2D eigenvalue weighted by Crippen LogP contribution is -2.31. The third-order valence-electron chi connectivity index (χ3n) is 7.71. The van der Waals surface area contributed by atoms with Crippen molar-refractivity contribution in [1.29, 1.82) is 5.26 Å². The summed E-state index contributed by atoms with van der Waals surface area (Å²) in [6.45, 7) is 3.87. The lowest BCUT2D eigenvalue weighted by atomic mass is 9.97. The third-order valence-corrected chi connectivity index (χ3v) is 7.71. The molecule has 1 unspecified atom stereocenters. The number of hydrogen-bond donors (Lipinski definition) is 0. The monoisotopic (exact) mass is 613 g/mol. The van der Waals surface area contributed by atoms with E-state index in [9.17, 15) is 14.9 Å². The molecule has 0 spiro atoms. The standard InChI is InChI=1S/C37H35N5O4/c1-4-5-15-33-32(20-27-16-18-28(19-17-27)31-14-10-9-13-29(31)22-38)35(43)42(25(2)41-33)37-39-23-30(24-40-37)46-34(36(44)45-3)21-26-11-7-6-8-12-26/h6-14,16-19,23-24,34H,4-5,15,20-21H2,1-3H3. The zero-order chi connectivity index (χ0) is 32.5. The Labute approximate surface area is 268 Å². The molecule has 5 aromatic rings. The second-order valence-electron chi connectivity index (χ2n) is 10.9. The number of esters is 1. The van der Waals surface area contributed by atoms with E-state index >= 15 is 0 Å². The van der Waals surface area contributed by atoms with Gasteiger partial charge in [0, 0.05) is 18.4 Å². The molecule has 3 aromatic carbocycles. The molecule has 232 valence electrons. The van der Waals surface area contributed by atoms with Crippen LogP contribution in [0.1, 0.15) is 53.5 Å². The normalized spacial score (nSPS) is 11.4. The van der Waals surface area contributed by atoms with Gasteiger partial charge in [0.25, 0.3) is 5.56 Å². The van der Waals surface area contributed by atoms with E-state index in [-0.39, 0.29) is 17.3 Å². The maximum absolute atomic E-state index is 14.1. The number of unbranched alkanes of at least 4 members (excludes halogenated alkanes) is 1.